The predicted octanol–water partition coefficient (Wildman–Crippen LogP) is 2.08. The zero-order valence-electron chi connectivity index (χ0n) is 16.4. The minimum absolute atomic E-state index is 0.000856. The minimum atomic E-state index is -0.712. The number of hydrogen-bond donors (Lipinski definition) is 2. The van der Waals surface area contributed by atoms with Crippen LogP contribution in [0.4, 0.5) is 0 Å². The third-order valence-corrected chi connectivity index (χ3v) is 4.56. The number of fused-ring (bicyclic) bond motifs is 1. The van der Waals surface area contributed by atoms with Crippen molar-refractivity contribution in [2.75, 3.05) is 19.8 Å². The second kappa shape index (κ2) is 9.66. The fraction of sp³-hybridized carbons (Fsp3) is 0.632. The average Bonchev–Trinajstić information content (AvgIpc) is 3.04. The van der Waals surface area contributed by atoms with Gasteiger partial charge in [0.1, 0.15) is 11.3 Å². The van der Waals surface area contributed by atoms with Crippen molar-refractivity contribution in [2.45, 2.75) is 53.2 Å². The number of carbonyl (C=O) groups excluding carboxylic acids is 1. The van der Waals surface area contributed by atoms with Crippen molar-refractivity contribution < 1.29 is 24.5 Å². The molecule has 8 heteroatoms. The van der Waals surface area contributed by atoms with E-state index < -0.39 is 12.1 Å². The Morgan fingerprint density at radius 1 is 1.33 bits per heavy atom. The Bertz CT molecular complexity index is 774. The number of carbonyl (C=O) groups is 1. The molecule has 0 aliphatic heterocycles. The molecule has 0 radical (unpaired) electrons. The van der Waals surface area contributed by atoms with Crippen LogP contribution in [0.15, 0.2) is 6.20 Å². The summed E-state index contributed by atoms with van der Waals surface area (Å²) in [4.78, 5) is 16.9. The maximum Gasteiger partial charge on any atom is 0.343 e. The van der Waals surface area contributed by atoms with Gasteiger partial charge in [-0.3, -0.25) is 0 Å². The van der Waals surface area contributed by atoms with E-state index >= 15 is 0 Å². The molecule has 0 spiro atoms. The molecule has 0 saturated heterocycles. The molecule has 150 valence electrons. The van der Waals surface area contributed by atoms with Gasteiger partial charge in [-0.2, -0.15) is 5.10 Å². The highest BCUT2D eigenvalue weighted by Crippen LogP contribution is 2.31. The summed E-state index contributed by atoms with van der Waals surface area (Å²) in [6, 6.07) is 0. The van der Waals surface area contributed by atoms with E-state index in [9.17, 15) is 9.90 Å². The van der Waals surface area contributed by atoms with Crippen molar-refractivity contribution >= 4 is 17.0 Å². The van der Waals surface area contributed by atoms with Gasteiger partial charge in [-0.15, -0.1) is 0 Å². The third kappa shape index (κ3) is 4.75. The van der Waals surface area contributed by atoms with Crippen LogP contribution in [-0.2, 0) is 11.3 Å². The number of rotatable bonds is 10. The van der Waals surface area contributed by atoms with E-state index in [1.807, 2.05) is 13.8 Å². The first-order valence-electron chi connectivity index (χ1n) is 9.39. The average molecular weight is 379 g/mol. The highest BCUT2D eigenvalue weighted by molar-refractivity contribution is 6.00. The number of aliphatic hydroxyl groups is 2. The summed E-state index contributed by atoms with van der Waals surface area (Å²) in [7, 11) is 0. The van der Waals surface area contributed by atoms with Gasteiger partial charge in [-0.1, -0.05) is 6.92 Å². The largest absolute Gasteiger partial charge is 0.492 e. The highest BCUT2D eigenvalue weighted by Gasteiger charge is 2.23. The van der Waals surface area contributed by atoms with Gasteiger partial charge in [0.15, 0.2) is 5.65 Å². The Morgan fingerprint density at radius 2 is 2.07 bits per heavy atom. The van der Waals surface area contributed by atoms with E-state index in [2.05, 4.69) is 10.1 Å². The van der Waals surface area contributed by atoms with Gasteiger partial charge in [0.2, 0.25) is 0 Å². The SMILES string of the molecule is CCOC(=O)c1c(C)nc2c(cnn2CCCC(C)C(O)CO)c1OCC. The van der Waals surface area contributed by atoms with Crippen LogP contribution in [0.1, 0.15) is 49.7 Å². The molecule has 0 aromatic carbocycles. The first-order chi connectivity index (χ1) is 12.9. The smallest absolute Gasteiger partial charge is 0.343 e. The minimum Gasteiger partial charge on any atom is -0.492 e. The van der Waals surface area contributed by atoms with E-state index in [1.54, 1.807) is 24.7 Å². The Morgan fingerprint density at radius 3 is 2.70 bits per heavy atom. The number of aromatic nitrogens is 3. The zero-order chi connectivity index (χ0) is 20.0. The summed E-state index contributed by atoms with van der Waals surface area (Å²) in [6.45, 7) is 8.34. The molecule has 8 nitrogen and oxygen atoms in total. The molecule has 2 aromatic heterocycles. The third-order valence-electron chi connectivity index (χ3n) is 4.56. The zero-order valence-corrected chi connectivity index (χ0v) is 16.4. The molecule has 0 aliphatic carbocycles. The maximum atomic E-state index is 12.3. The number of aryl methyl sites for hydroxylation is 2. The fourth-order valence-electron chi connectivity index (χ4n) is 3.01. The molecule has 2 aromatic rings. The predicted molar refractivity (Wildman–Crippen MR) is 101 cm³/mol. The summed E-state index contributed by atoms with van der Waals surface area (Å²) in [5.74, 6) is 0.00195. The van der Waals surface area contributed by atoms with Crippen LogP contribution >= 0.6 is 0 Å². The van der Waals surface area contributed by atoms with Gasteiger partial charge in [-0.25, -0.2) is 14.5 Å². The van der Waals surface area contributed by atoms with Crippen molar-refractivity contribution in [3.8, 4) is 5.75 Å². The van der Waals surface area contributed by atoms with E-state index in [0.29, 0.717) is 41.2 Å². The highest BCUT2D eigenvalue weighted by atomic mass is 16.5. The van der Waals surface area contributed by atoms with Crippen LogP contribution in [0.2, 0.25) is 0 Å². The van der Waals surface area contributed by atoms with Crippen LogP contribution in [0.5, 0.6) is 5.75 Å². The summed E-state index contributed by atoms with van der Waals surface area (Å²) in [6.07, 6.45) is 2.47. The molecule has 2 rings (SSSR count). The Labute approximate surface area is 159 Å². The molecule has 0 bridgehead atoms. The van der Waals surface area contributed by atoms with Crippen LogP contribution in [0, 0.1) is 12.8 Å². The second-order valence-corrected chi connectivity index (χ2v) is 6.53. The molecule has 27 heavy (non-hydrogen) atoms. The van der Waals surface area contributed by atoms with E-state index in [4.69, 9.17) is 14.6 Å². The Hall–Kier alpha value is -2.19. The second-order valence-electron chi connectivity index (χ2n) is 6.53. The first-order valence-corrected chi connectivity index (χ1v) is 9.39. The van der Waals surface area contributed by atoms with Gasteiger partial charge < -0.3 is 19.7 Å². The lowest BCUT2D eigenvalue weighted by molar-refractivity contribution is 0.0492. The molecule has 2 unspecified atom stereocenters. The van der Waals surface area contributed by atoms with Crippen molar-refractivity contribution in [1.29, 1.82) is 0 Å². The molecule has 0 aliphatic rings. The van der Waals surface area contributed by atoms with Crippen LogP contribution in [0.3, 0.4) is 0 Å². The lowest BCUT2D eigenvalue weighted by Gasteiger charge is -2.16. The molecule has 0 fully saturated rings. The summed E-state index contributed by atoms with van der Waals surface area (Å²) in [5, 5.41) is 23.8. The van der Waals surface area contributed by atoms with Gasteiger partial charge in [0, 0.05) is 6.54 Å². The number of nitrogens with zero attached hydrogens (tertiary/aromatic N) is 3. The number of hydrogen-bond acceptors (Lipinski definition) is 7. The maximum absolute atomic E-state index is 12.3. The summed E-state index contributed by atoms with van der Waals surface area (Å²) in [5.41, 5.74) is 1.53. The lowest BCUT2D eigenvalue weighted by atomic mass is 10.00. The molecule has 2 atom stereocenters. The first kappa shape index (κ1) is 21.1. The number of esters is 1. The Kier molecular flexibility index (Phi) is 7.55. The van der Waals surface area contributed by atoms with Crippen LogP contribution in [0.25, 0.3) is 11.0 Å². The summed E-state index contributed by atoms with van der Waals surface area (Å²) < 4.78 is 12.7. The van der Waals surface area contributed by atoms with Crippen molar-refractivity contribution in [3.05, 3.63) is 17.5 Å². The fourth-order valence-corrected chi connectivity index (χ4v) is 3.01. The number of aliphatic hydroxyl groups excluding tert-OH is 2. The van der Waals surface area contributed by atoms with Crippen molar-refractivity contribution in [1.82, 2.24) is 14.8 Å². The Balaban J connectivity index is 2.30. The topological polar surface area (TPSA) is 107 Å². The van der Waals surface area contributed by atoms with E-state index in [1.165, 1.54) is 0 Å². The quantitative estimate of drug-likeness (QED) is 0.609. The molecular weight excluding hydrogens is 350 g/mol. The molecule has 2 N–H and O–H groups in total. The van der Waals surface area contributed by atoms with Crippen molar-refractivity contribution in [2.24, 2.45) is 5.92 Å². The molecule has 2 heterocycles. The van der Waals surface area contributed by atoms with Crippen LogP contribution in [-0.4, -0.2) is 56.9 Å². The number of pyridine rings is 1. The van der Waals surface area contributed by atoms with Gasteiger partial charge in [0.25, 0.3) is 0 Å². The molecule has 0 amide bonds. The normalized spacial score (nSPS) is 13.6. The van der Waals surface area contributed by atoms with E-state index in [-0.39, 0.29) is 19.1 Å². The summed E-state index contributed by atoms with van der Waals surface area (Å²) >= 11 is 0. The van der Waals surface area contributed by atoms with Gasteiger partial charge in [-0.05, 0) is 39.5 Å². The lowest BCUT2D eigenvalue weighted by Crippen LogP contribution is -2.22. The monoisotopic (exact) mass is 379 g/mol. The van der Waals surface area contributed by atoms with Gasteiger partial charge >= 0.3 is 5.97 Å². The number of ether oxygens (including phenoxy) is 2. The standard InChI is InChI=1S/C19H29N3O5/c1-5-26-17-14-10-20-22(9-7-8-12(3)15(24)11-23)18(14)21-13(4)16(17)19(25)27-6-2/h10,12,15,23-24H,5-9,11H2,1-4H3. The van der Waals surface area contributed by atoms with Gasteiger partial charge in [0.05, 0.1) is 43.2 Å². The molecular formula is C19H29N3O5. The van der Waals surface area contributed by atoms with Crippen LogP contribution < -0.4 is 4.74 Å². The van der Waals surface area contributed by atoms with E-state index in [0.717, 1.165) is 12.8 Å². The van der Waals surface area contributed by atoms with Crippen molar-refractivity contribution in [3.63, 3.8) is 0 Å². The molecule has 0 saturated carbocycles.